The van der Waals surface area contributed by atoms with Crippen LogP contribution in [0.1, 0.15) is 25.7 Å². The second-order valence-corrected chi connectivity index (χ2v) is 10.9. The van der Waals surface area contributed by atoms with Gasteiger partial charge in [0.05, 0.1) is 19.2 Å². The van der Waals surface area contributed by atoms with E-state index in [0.717, 1.165) is 56.8 Å². The molecule has 0 bridgehead atoms. The van der Waals surface area contributed by atoms with Gasteiger partial charge in [0.25, 0.3) is 0 Å². The monoisotopic (exact) mass is 466 g/mol. The van der Waals surface area contributed by atoms with Gasteiger partial charge in [-0.15, -0.1) is 0 Å². The van der Waals surface area contributed by atoms with Gasteiger partial charge < -0.3 is 9.47 Å². The van der Waals surface area contributed by atoms with E-state index in [1.54, 1.807) is 42.8 Å². The zero-order chi connectivity index (χ0) is 22.0. The van der Waals surface area contributed by atoms with E-state index in [2.05, 4.69) is 11.0 Å². The number of fused-ring (bicyclic) bond motifs is 1. The Labute approximate surface area is 190 Å². The number of sulfonamides is 1. The van der Waals surface area contributed by atoms with Crippen molar-refractivity contribution in [2.45, 2.75) is 30.6 Å². The number of hydrogen-bond donors (Lipinski definition) is 0. The number of rotatable bonds is 6. The van der Waals surface area contributed by atoms with E-state index in [-0.39, 0.29) is 9.92 Å². The normalized spacial score (nSPS) is 24.0. The quantitative estimate of drug-likeness (QED) is 0.636. The number of benzene rings is 1. The first kappa shape index (κ1) is 22.6. The van der Waals surface area contributed by atoms with E-state index in [4.69, 9.17) is 21.1 Å². The van der Waals surface area contributed by atoms with Gasteiger partial charge in [0.2, 0.25) is 10.0 Å². The molecule has 4 rings (SSSR count). The summed E-state index contributed by atoms with van der Waals surface area (Å²) >= 11 is 6.14. The molecule has 1 atom stereocenters. The molecule has 0 spiro atoms. The SMILES string of the molecule is COC1=C(OC)CC2CCN(CC3CCN(S(=O)(=O)c4ccccc4Cl)CC3)CC2=C1. The molecule has 1 aliphatic carbocycles. The van der Waals surface area contributed by atoms with Crippen LogP contribution < -0.4 is 0 Å². The van der Waals surface area contributed by atoms with Crippen LogP contribution in [-0.2, 0) is 19.5 Å². The number of piperidine rings is 2. The van der Waals surface area contributed by atoms with Crippen molar-refractivity contribution in [1.82, 2.24) is 9.21 Å². The molecule has 2 fully saturated rings. The molecular weight excluding hydrogens is 436 g/mol. The van der Waals surface area contributed by atoms with E-state index < -0.39 is 10.0 Å². The third-order valence-electron chi connectivity index (χ3n) is 6.76. The molecule has 3 aliphatic rings. The van der Waals surface area contributed by atoms with Gasteiger partial charge in [-0.25, -0.2) is 8.42 Å². The Hall–Kier alpha value is -1.54. The molecule has 2 saturated heterocycles. The van der Waals surface area contributed by atoms with Gasteiger partial charge in [-0.1, -0.05) is 23.7 Å². The molecule has 2 heterocycles. The molecule has 1 aromatic rings. The van der Waals surface area contributed by atoms with Crippen LogP contribution >= 0.6 is 11.6 Å². The highest BCUT2D eigenvalue weighted by molar-refractivity contribution is 7.89. The molecule has 0 saturated carbocycles. The molecule has 0 amide bonds. The van der Waals surface area contributed by atoms with Crippen molar-refractivity contribution < 1.29 is 17.9 Å². The predicted octanol–water partition coefficient (Wildman–Crippen LogP) is 3.90. The molecule has 0 aromatic heterocycles. The number of ether oxygens (including phenoxy) is 2. The molecule has 0 radical (unpaired) electrons. The molecule has 6 nitrogen and oxygen atoms in total. The highest BCUT2D eigenvalue weighted by Crippen LogP contribution is 2.36. The lowest BCUT2D eigenvalue weighted by molar-refractivity contribution is 0.151. The highest BCUT2D eigenvalue weighted by atomic mass is 35.5. The van der Waals surface area contributed by atoms with Crippen LogP contribution in [0.25, 0.3) is 0 Å². The third kappa shape index (κ3) is 4.80. The number of likely N-dealkylation sites (tertiary alicyclic amines) is 1. The summed E-state index contributed by atoms with van der Waals surface area (Å²) in [5.41, 5.74) is 1.42. The Morgan fingerprint density at radius 2 is 1.81 bits per heavy atom. The first-order chi connectivity index (χ1) is 14.9. The van der Waals surface area contributed by atoms with Crippen molar-refractivity contribution in [3.05, 3.63) is 52.5 Å². The summed E-state index contributed by atoms with van der Waals surface area (Å²) in [4.78, 5) is 2.72. The topological polar surface area (TPSA) is 59.1 Å². The molecule has 1 aromatic carbocycles. The lowest BCUT2D eigenvalue weighted by atomic mass is 9.83. The Bertz CT molecular complexity index is 968. The Morgan fingerprint density at radius 3 is 2.48 bits per heavy atom. The minimum Gasteiger partial charge on any atom is -0.497 e. The zero-order valence-electron chi connectivity index (χ0n) is 18.2. The molecule has 1 unspecified atom stereocenters. The molecule has 31 heavy (non-hydrogen) atoms. The van der Waals surface area contributed by atoms with Gasteiger partial charge in [0.15, 0.2) is 5.76 Å². The standard InChI is InChI=1S/C23H31ClN2O4S/c1-29-21-13-18-9-10-25(16-19(18)14-22(21)30-2)15-17-7-11-26(12-8-17)31(27,28)23-6-4-3-5-20(23)24/h3-6,14,17-18H,7-13,15-16H2,1-2H3. The highest BCUT2D eigenvalue weighted by Gasteiger charge is 2.34. The van der Waals surface area contributed by atoms with Gasteiger partial charge in [-0.3, -0.25) is 4.90 Å². The maximum atomic E-state index is 13.0. The number of hydrogen-bond acceptors (Lipinski definition) is 5. The Balaban J connectivity index is 1.34. The average Bonchev–Trinajstić information content (AvgIpc) is 2.78. The van der Waals surface area contributed by atoms with Crippen molar-refractivity contribution in [1.29, 1.82) is 0 Å². The van der Waals surface area contributed by atoms with E-state index >= 15 is 0 Å². The van der Waals surface area contributed by atoms with E-state index in [0.29, 0.717) is 24.9 Å². The van der Waals surface area contributed by atoms with Crippen LogP contribution in [0, 0.1) is 11.8 Å². The zero-order valence-corrected chi connectivity index (χ0v) is 19.8. The van der Waals surface area contributed by atoms with E-state index in [9.17, 15) is 8.42 Å². The predicted molar refractivity (Wildman–Crippen MR) is 121 cm³/mol. The summed E-state index contributed by atoms with van der Waals surface area (Å²) in [6.07, 6.45) is 5.93. The molecule has 8 heteroatoms. The largest absolute Gasteiger partial charge is 0.497 e. The maximum absolute atomic E-state index is 13.0. The van der Waals surface area contributed by atoms with Crippen LogP contribution in [0.3, 0.4) is 0 Å². The van der Waals surface area contributed by atoms with Crippen molar-refractivity contribution in [2.75, 3.05) is 46.9 Å². The van der Waals surface area contributed by atoms with Gasteiger partial charge in [-0.05, 0) is 61.4 Å². The smallest absolute Gasteiger partial charge is 0.244 e. The summed E-state index contributed by atoms with van der Waals surface area (Å²) in [5, 5.41) is 0.286. The minimum absolute atomic E-state index is 0.207. The Morgan fingerprint density at radius 1 is 1.06 bits per heavy atom. The fraction of sp³-hybridized carbons (Fsp3) is 0.565. The third-order valence-corrected chi connectivity index (χ3v) is 9.16. The number of allylic oxidation sites excluding steroid dienone is 2. The van der Waals surface area contributed by atoms with Gasteiger partial charge in [0, 0.05) is 32.6 Å². The summed E-state index contributed by atoms with van der Waals surface area (Å²) in [6.45, 7) is 4.12. The number of halogens is 1. The minimum atomic E-state index is -3.53. The molecular formula is C23H31ClN2O4S. The van der Waals surface area contributed by atoms with Crippen LogP contribution in [0.15, 0.2) is 52.3 Å². The van der Waals surface area contributed by atoms with Crippen molar-refractivity contribution in [3.8, 4) is 0 Å². The lowest BCUT2D eigenvalue weighted by Crippen LogP contribution is -2.44. The van der Waals surface area contributed by atoms with Crippen molar-refractivity contribution in [2.24, 2.45) is 11.8 Å². The van der Waals surface area contributed by atoms with Gasteiger partial charge in [0.1, 0.15) is 10.7 Å². The lowest BCUT2D eigenvalue weighted by Gasteiger charge is -2.39. The van der Waals surface area contributed by atoms with E-state index in [1.165, 1.54) is 5.57 Å². The van der Waals surface area contributed by atoms with Gasteiger partial charge >= 0.3 is 0 Å². The molecule has 0 N–H and O–H groups in total. The van der Waals surface area contributed by atoms with Crippen molar-refractivity contribution in [3.63, 3.8) is 0 Å². The molecule has 2 aliphatic heterocycles. The maximum Gasteiger partial charge on any atom is 0.244 e. The Kier molecular flexibility index (Phi) is 6.96. The second-order valence-electron chi connectivity index (χ2n) is 8.62. The van der Waals surface area contributed by atoms with Crippen LogP contribution in [0.5, 0.6) is 0 Å². The summed E-state index contributed by atoms with van der Waals surface area (Å²) in [5.74, 6) is 2.82. The number of nitrogens with zero attached hydrogens (tertiary/aromatic N) is 2. The van der Waals surface area contributed by atoms with Crippen LogP contribution in [0.4, 0.5) is 0 Å². The summed E-state index contributed by atoms with van der Waals surface area (Å²) in [6, 6.07) is 6.68. The first-order valence-electron chi connectivity index (χ1n) is 10.9. The fourth-order valence-electron chi connectivity index (χ4n) is 4.96. The fourth-order valence-corrected chi connectivity index (χ4v) is 6.93. The summed E-state index contributed by atoms with van der Waals surface area (Å²) in [7, 11) is -0.134. The van der Waals surface area contributed by atoms with Crippen LogP contribution in [-0.4, -0.2) is 64.6 Å². The van der Waals surface area contributed by atoms with Gasteiger partial charge in [-0.2, -0.15) is 4.31 Å². The van der Waals surface area contributed by atoms with Crippen molar-refractivity contribution >= 4 is 21.6 Å². The molecule has 170 valence electrons. The average molecular weight is 467 g/mol. The van der Waals surface area contributed by atoms with E-state index in [1.807, 2.05) is 0 Å². The summed E-state index contributed by atoms with van der Waals surface area (Å²) < 4.78 is 38.5. The van der Waals surface area contributed by atoms with Crippen LogP contribution in [0.2, 0.25) is 5.02 Å². The number of methoxy groups -OCH3 is 2. The second kappa shape index (κ2) is 9.53. The first-order valence-corrected chi connectivity index (χ1v) is 12.7.